The van der Waals surface area contributed by atoms with E-state index in [4.69, 9.17) is 14.6 Å². The van der Waals surface area contributed by atoms with Crippen molar-refractivity contribution in [1.29, 1.82) is 0 Å². The van der Waals surface area contributed by atoms with Crippen molar-refractivity contribution in [1.82, 2.24) is 4.57 Å². The molecule has 0 bridgehead atoms. The SMILES string of the molecule is Cc1cccc2c([C@@H]3O[C@H](CO)[C@@H](O)[C@H](O)[C@H]3O)cn(Cc3ccc(CCCC(=O)OC[C@H](O)CO)cc3)c12. The van der Waals surface area contributed by atoms with Crippen molar-refractivity contribution in [3.05, 3.63) is 70.9 Å². The lowest BCUT2D eigenvalue weighted by atomic mass is 9.91. The number of fused-ring (bicyclic) bond motifs is 1. The van der Waals surface area contributed by atoms with E-state index in [1.165, 1.54) is 0 Å². The van der Waals surface area contributed by atoms with Crippen LogP contribution >= 0.6 is 0 Å². The third-order valence-electron chi connectivity index (χ3n) is 7.20. The number of para-hydroxylation sites is 1. The van der Waals surface area contributed by atoms with E-state index >= 15 is 0 Å². The maximum Gasteiger partial charge on any atom is 0.305 e. The van der Waals surface area contributed by atoms with Crippen molar-refractivity contribution < 1.29 is 44.9 Å². The molecule has 0 saturated carbocycles. The molecule has 2 heterocycles. The van der Waals surface area contributed by atoms with E-state index in [0.717, 1.165) is 27.6 Å². The summed E-state index contributed by atoms with van der Waals surface area (Å²) in [6, 6.07) is 13.9. The van der Waals surface area contributed by atoms with Gasteiger partial charge in [0.2, 0.25) is 0 Å². The van der Waals surface area contributed by atoms with Crippen molar-refractivity contribution in [2.24, 2.45) is 0 Å². The van der Waals surface area contributed by atoms with Gasteiger partial charge in [-0.2, -0.15) is 0 Å². The Hall–Kier alpha value is -2.83. The number of aromatic nitrogens is 1. The van der Waals surface area contributed by atoms with Crippen LogP contribution in [-0.4, -0.2) is 91.5 Å². The van der Waals surface area contributed by atoms with E-state index in [1.54, 1.807) is 0 Å². The molecule has 10 nitrogen and oxygen atoms in total. The summed E-state index contributed by atoms with van der Waals surface area (Å²) in [4.78, 5) is 11.8. The summed E-state index contributed by atoms with van der Waals surface area (Å²) in [5, 5.41) is 59.8. The third kappa shape index (κ3) is 6.67. The fourth-order valence-corrected chi connectivity index (χ4v) is 5.04. The van der Waals surface area contributed by atoms with Gasteiger partial charge in [0.15, 0.2) is 0 Å². The molecule has 3 aromatic rings. The van der Waals surface area contributed by atoms with Crippen LogP contribution in [0.3, 0.4) is 0 Å². The highest BCUT2D eigenvalue weighted by Gasteiger charge is 2.44. The zero-order valence-corrected chi connectivity index (χ0v) is 21.9. The van der Waals surface area contributed by atoms with E-state index in [0.29, 0.717) is 24.9 Å². The Morgan fingerprint density at radius 3 is 2.44 bits per heavy atom. The van der Waals surface area contributed by atoms with Crippen LogP contribution in [-0.2, 0) is 27.2 Å². The van der Waals surface area contributed by atoms with Crippen molar-refractivity contribution in [3.8, 4) is 0 Å². The van der Waals surface area contributed by atoms with Crippen molar-refractivity contribution in [3.63, 3.8) is 0 Å². The molecule has 0 radical (unpaired) electrons. The number of aliphatic hydroxyl groups is 6. The first-order valence-electron chi connectivity index (χ1n) is 13.1. The largest absolute Gasteiger partial charge is 0.463 e. The summed E-state index contributed by atoms with van der Waals surface area (Å²) in [5.74, 6) is -0.413. The van der Waals surface area contributed by atoms with Gasteiger partial charge >= 0.3 is 5.97 Å². The first-order chi connectivity index (χ1) is 18.7. The number of aryl methyl sites for hydroxylation is 2. The Morgan fingerprint density at radius 2 is 1.74 bits per heavy atom. The monoisotopic (exact) mass is 543 g/mol. The van der Waals surface area contributed by atoms with Gasteiger partial charge in [-0.05, 0) is 36.5 Å². The highest BCUT2D eigenvalue weighted by molar-refractivity contribution is 5.87. The molecule has 0 unspecified atom stereocenters. The van der Waals surface area contributed by atoms with Crippen LogP contribution < -0.4 is 0 Å². The van der Waals surface area contributed by atoms with Crippen molar-refractivity contribution in [2.45, 2.75) is 69.4 Å². The molecule has 212 valence electrons. The summed E-state index contributed by atoms with van der Waals surface area (Å²) in [5.41, 5.74) is 4.76. The Bertz CT molecular complexity index is 1240. The number of carbonyl (C=O) groups excluding carboxylic acids is 1. The number of esters is 1. The quantitative estimate of drug-likeness (QED) is 0.192. The van der Waals surface area contributed by atoms with Gasteiger partial charge in [-0.15, -0.1) is 0 Å². The maximum absolute atomic E-state index is 11.8. The van der Waals surface area contributed by atoms with Crippen LogP contribution in [0.15, 0.2) is 48.7 Å². The highest BCUT2D eigenvalue weighted by atomic mass is 16.5. The molecule has 10 heteroatoms. The summed E-state index contributed by atoms with van der Waals surface area (Å²) >= 11 is 0. The number of aliphatic hydroxyl groups excluding tert-OH is 6. The molecule has 1 fully saturated rings. The summed E-state index contributed by atoms with van der Waals surface area (Å²) < 4.78 is 12.8. The van der Waals surface area contributed by atoms with Gasteiger partial charge in [-0.1, -0.05) is 42.5 Å². The first-order valence-corrected chi connectivity index (χ1v) is 13.1. The number of ether oxygens (including phenoxy) is 2. The number of hydrogen-bond donors (Lipinski definition) is 6. The van der Waals surface area contributed by atoms with Crippen LogP contribution in [0.4, 0.5) is 0 Å². The summed E-state index contributed by atoms with van der Waals surface area (Å²) in [6.45, 7) is 1.38. The van der Waals surface area contributed by atoms with Crippen LogP contribution in [0.1, 0.15) is 41.2 Å². The van der Waals surface area contributed by atoms with Crippen molar-refractivity contribution in [2.75, 3.05) is 19.8 Å². The standard InChI is InChI=1S/C29H37NO9/c1-17-4-2-6-21-22(29-28(37)27(36)26(35)23(15-32)39-29)13-30(25(17)21)12-19-10-8-18(9-11-19)5-3-7-24(34)38-16-20(33)14-31/h2,4,6,8-11,13,20,23,26-29,31-33,35-37H,3,5,7,12,14-16H2,1H3/t20-,23-,26-,27+,28-,29+/m1/s1. The lowest BCUT2D eigenvalue weighted by Crippen LogP contribution is -2.55. The molecule has 1 aliphatic heterocycles. The van der Waals surface area contributed by atoms with Crippen LogP contribution in [0.5, 0.6) is 0 Å². The first kappa shape index (κ1) is 29.2. The summed E-state index contributed by atoms with van der Waals surface area (Å²) in [6.07, 6.45) is -3.82. The van der Waals surface area contributed by atoms with Crippen molar-refractivity contribution >= 4 is 16.9 Å². The van der Waals surface area contributed by atoms with E-state index in [-0.39, 0.29) is 13.0 Å². The Balaban J connectivity index is 1.47. The highest BCUT2D eigenvalue weighted by Crippen LogP contribution is 2.38. The molecular weight excluding hydrogens is 506 g/mol. The Labute approximate surface area is 226 Å². The average Bonchev–Trinajstić information content (AvgIpc) is 3.30. The molecular formula is C29H37NO9. The van der Waals surface area contributed by atoms with Gasteiger partial charge < -0.3 is 44.7 Å². The predicted molar refractivity (Wildman–Crippen MR) is 142 cm³/mol. The van der Waals surface area contributed by atoms with Gasteiger partial charge in [-0.25, -0.2) is 0 Å². The van der Waals surface area contributed by atoms with E-state index in [2.05, 4.69) is 4.57 Å². The zero-order chi connectivity index (χ0) is 28.1. The van der Waals surface area contributed by atoms with Crippen LogP contribution in [0, 0.1) is 6.92 Å². The molecule has 0 amide bonds. The molecule has 1 aliphatic rings. The number of benzene rings is 2. The van der Waals surface area contributed by atoms with Gasteiger partial charge in [0.05, 0.1) is 18.7 Å². The number of carbonyl (C=O) groups is 1. The molecule has 2 aromatic carbocycles. The molecule has 6 N–H and O–H groups in total. The lowest BCUT2D eigenvalue weighted by Gasteiger charge is -2.40. The maximum atomic E-state index is 11.8. The summed E-state index contributed by atoms with van der Waals surface area (Å²) in [7, 11) is 0. The molecule has 0 aliphatic carbocycles. The molecule has 1 saturated heterocycles. The van der Waals surface area contributed by atoms with Gasteiger partial charge in [0, 0.05) is 30.1 Å². The topological polar surface area (TPSA) is 162 Å². The number of nitrogens with zero attached hydrogens (tertiary/aromatic N) is 1. The Kier molecular flexibility index (Phi) is 9.73. The normalized spacial score (nSPS) is 24.1. The van der Waals surface area contributed by atoms with Gasteiger partial charge in [0.25, 0.3) is 0 Å². The molecule has 6 atom stereocenters. The van der Waals surface area contributed by atoms with Gasteiger partial charge in [0.1, 0.15) is 43.2 Å². The second kappa shape index (κ2) is 13.0. The van der Waals surface area contributed by atoms with E-state index in [1.807, 2.05) is 55.6 Å². The molecule has 1 aromatic heterocycles. The van der Waals surface area contributed by atoms with Crippen LogP contribution in [0.25, 0.3) is 10.9 Å². The van der Waals surface area contributed by atoms with E-state index in [9.17, 15) is 30.3 Å². The fraction of sp³-hybridized carbons (Fsp3) is 0.483. The number of hydrogen-bond acceptors (Lipinski definition) is 9. The smallest absolute Gasteiger partial charge is 0.305 e. The Morgan fingerprint density at radius 1 is 1.03 bits per heavy atom. The second-order valence-corrected chi connectivity index (χ2v) is 10.1. The zero-order valence-electron chi connectivity index (χ0n) is 21.9. The lowest BCUT2D eigenvalue weighted by molar-refractivity contribution is -0.231. The minimum atomic E-state index is -1.45. The average molecular weight is 544 g/mol. The van der Waals surface area contributed by atoms with E-state index < -0.39 is 55.8 Å². The minimum absolute atomic E-state index is 0.213. The molecule has 4 rings (SSSR count). The second-order valence-electron chi connectivity index (χ2n) is 10.1. The minimum Gasteiger partial charge on any atom is -0.463 e. The van der Waals surface area contributed by atoms with Gasteiger partial charge in [-0.3, -0.25) is 4.79 Å². The molecule has 0 spiro atoms. The predicted octanol–water partition coefficient (Wildman–Crippen LogP) is 0.732. The fourth-order valence-electron chi connectivity index (χ4n) is 5.04. The third-order valence-corrected chi connectivity index (χ3v) is 7.20. The molecule has 39 heavy (non-hydrogen) atoms. The number of rotatable bonds is 11. The van der Waals surface area contributed by atoms with Crippen LogP contribution in [0.2, 0.25) is 0 Å².